The summed E-state index contributed by atoms with van der Waals surface area (Å²) in [4.78, 5) is 4.31. The molecule has 0 atom stereocenters. The predicted molar refractivity (Wildman–Crippen MR) is 73.2 cm³/mol. The highest BCUT2D eigenvalue weighted by atomic mass is 15.2. The van der Waals surface area contributed by atoms with Crippen LogP contribution in [0.2, 0.25) is 0 Å². The zero-order valence-corrected chi connectivity index (χ0v) is 11.3. The van der Waals surface area contributed by atoms with Crippen LogP contribution in [0, 0.1) is 0 Å². The molecular weight excluding hydrogens is 224 g/mol. The Morgan fingerprint density at radius 1 is 1.33 bits per heavy atom. The molecule has 0 amide bonds. The van der Waals surface area contributed by atoms with E-state index in [0.29, 0.717) is 0 Å². The first-order valence-corrected chi connectivity index (χ1v) is 6.36. The summed E-state index contributed by atoms with van der Waals surface area (Å²) in [6.07, 6.45) is 8.00. The van der Waals surface area contributed by atoms with Crippen LogP contribution in [0.4, 0.5) is 0 Å². The fourth-order valence-corrected chi connectivity index (χ4v) is 2.13. The molecule has 0 saturated carbocycles. The van der Waals surface area contributed by atoms with Crippen molar-refractivity contribution in [3.63, 3.8) is 0 Å². The van der Waals surface area contributed by atoms with E-state index in [2.05, 4.69) is 34.6 Å². The van der Waals surface area contributed by atoms with Crippen LogP contribution in [0.3, 0.4) is 0 Å². The molecule has 0 aliphatic carbocycles. The van der Waals surface area contributed by atoms with Gasteiger partial charge in [-0.05, 0) is 25.1 Å². The quantitative estimate of drug-likeness (QED) is 0.876. The van der Waals surface area contributed by atoms with Crippen molar-refractivity contribution in [2.75, 3.05) is 7.05 Å². The van der Waals surface area contributed by atoms with E-state index in [4.69, 9.17) is 0 Å². The van der Waals surface area contributed by atoms with Gasteiger partial charge in [0.25, 0.3) is 0 Å². The smallest absolute Gasteiger partial charge is 0.0703 e. The molecule has 0 spiro atoms. The van der Waals surface area contributed by atoms with E-state index >= 15 is 0 Å². The fourth-order valence-electron chi connectivity index (χ4n) is 2.13. The van der Waals surface area contributed by atoms with Crippen molar-refractivity contribution in [1.82, 2.24) is 20.1 Å². The van der Waals surface area contributed by atoms with E-state index < -0.39 is 0 Å². The van der Waals surface area contributed by atoms with E-state index in [1.54, 1.807) is 0 Å². The molecule has 2 heterocycles. The summed E-state index contributed by atoms with van der Waals surface area (Å²) in [6, 6.07) is 2.18. The summed E-state index contributed by atoms with van der Waals surface area (Å²) in [7, 11) is 3.91. The first kappa shape index (κ1) is 12.8. The van der Waals surface area contributed by atoms with Gasteiger partial charge in [0, 0.05) is 43.3 Å². The van der Waals surface area contributed by atoms with Crippen LogP contribution in [0.25, 0.3) is 11.1 Å². The highest BCUT2D eigenvalue weighted by Crippen LogP contribution is 2.23. The van der Waals surface area contributed by atoms with Gasteiger partial charge in [-0.2, -0.15) is 5.10 Å². The standard InChI is InChI=1S/C14H20N4/c1-4-5-14-13(10-18(3)17-14)12-6-11(7-15-2)8-16-9-12/h6,8-10,15H,4-5,7H2,1-3H3. The number of hydrogen-bond acceptors (Lipinski definition) is 3. The molecule has 0 bridgehead atoms. The van der Waals surface area contributed by atoms with Crippen LogP contribution in [-0.4, -0.2) is 21.8 Å². The van der Waals surface area contributed by atoms with Gasteiger partial charge in [-0.3, -0.25) is 9.67 Å². The van der Waals surface area contributed by atoms with E-state index in [1.165, 1.54) is 11.1 Å². The van der Waals surface area contributed by atoms with Crippen molar-refractivity contribution in [2.24, 2.45) is 7.05 Å². The molecule has 18 heavy (non-hydrogen) atoms. The average Bonchev–Trinajstić information content (AvgIpc) is 2.72. The van der Waals surface area contributed by atoms with E-state index in [9.17, 15) is 0 Å². The molecule has 0 aromatic carbocycles. The lowest BCUT2D eigenvalue weighted by molar-refractivity contribution is 0.733. The largest absolute Gasteiger partial charge is 0.316 e. The lowest BCUT2D eigenvalue weighted by Gasteiger charge is -2.04. The molecule has 2 aromatic rings. The van der Waals surface area contributed by atoms with Gasteiger partial charge in [-0.1, -0.05) is 13.3 Å². The number of aromatic nitrogens is 3. The number of nitrogens with zero attached hydrogens (tertiary/aromatic N) is 3. The lowest BCUT2D eigenvalue weighted by atomic mass is 10.0. The van der Waals surface area contributed by atoms with Crippen LogP contribution in [0.5, 0.6) is 0 Å². The van der Waals surface area contributed by atoms with E-state index in [0.717, 1.165) is 30.6 Å². The van der Waals surface area contributed by atoms with Gasteiger partial charge in [-0.15, -0.1) is 0 Å². The summed E-state index contributed by atoms with van der Waals surface area (Å²) in [5, 5.41) is 7.67. The van der Waals surface area contributed by atoms with Crippen LogP contribution in [0.1, 0.15) is 24.6 Å². The van der Waals surface area contributed by atoms with Crippen molar-refractivity contribution in [2.45, 2.75) is 26.3 Å². The van der Waals surface area contributed by atoms with Gasteiger partial charge < -0.3 is 5.32 Å². The molecular formula is C14H20N4. The van der Waals surface area contributed by atoms with Gasteiger partial charge in [0.15, 0.2) is 0 Å². The third-order valence-corrected chi connectivity index (χ3v) is 2.88. The number of rotatable bonds is 5. The Kier molecular flexibility index (Phi) is 4.10. The fraction of sp³-hybridized carbons (Fsp3) is 0.429. The second kappa shape index (κ2) is 5.78. The monoisotopic (exact) mass is 244 g/mol. The third kappa shape index (κ3) is 2.76. The van der Waals surface area contributed by atoms with Gasteiger partial charge in [0.1, 0.15) is 0 Å². The highest BCUT2D eigenvalue weighted by molar-refractivity contribution is 5.65. The van der Waals surface area contributed by atoms with Crippen molar-refractivity contribution < 1.29 is 0 Å². The Morgan fingerprint density at radius 2 is 2.17 bits per heavy atom. The zero-order valence-electron chi connectivity index (χ0n) is 11.3. The number of hydrogen-bond donors (Lipinski definition) is 1. The zero-order chi connectivity index (χ0) is 13.0. The maximum Gasteiger partial charge on any atom is 0.0703 e. The Labute approximate surface area is 108 Å². The summed E-state index contributed by atoms with van der Waals surface area (Å²) in [6.45, 7) is 3.01. The van der Waals surface area contributed by atoms with E-state index in [1.807, 2.05) is 31.2 Å². The van der Waals surface area contributed by atoms with Crippen LogP contribution in [0.15, 0.2) is 24.7 Å². The molecule has 4 heteroatoms. The average molecular weight is 244 g/mol. The highest BCUT2D eigenvalue weighted by Gasteiger charge is 2.09. The van der Waals surface area contributed by atoms with Gasteiger partial charge in [0.05, 0.1) is 5.69 Å². The summed E-state index contributed by atoms with van der Waals surface area (Å²) >= 11 is 0. The van der Waals surface area contributed by atoms with Crippen molar-refractivity contribution in [3.05, 3.63) is 35.9 Å². The Hall–Kier alpha value is -1.68. The molecule has 0 unspecified atom stereocenters. The van der Waals surface area contributed by atoms with Gasteiger partial charge in [0.2, 0.25) is 0 Å². The minimum absolute atomic E-state index is 0.838. The van der Waals surface area contributed by atoms with Crippen LogP contribution < -0.4 is 5.32 Å². The maximum atomic E-state index is 4.53. The minimum atomic E-state index is 0.838. The number of nitrogens with one attached hydrogen (secondary N) is 1. The van der Waals surface area contributed by atoms with Gasteiger partial charge in [-0.25, -0.2) is 0 Å². The number of aryl methyl sites for hydroxylation is 2. The first-order valence-electron chi connectivity index (χ1n) is 6.36. The Balaban J connectivity index is 2.37. The third-order valence-electron chi connectivity index (χ3n) is 2.88. The molecule has 0 aliphatic rings. The maximum absolute atomic E-state index is 4.53. The van der Waals surface area contributed by atoms with Crippen molar-refractivity contribution in [3.8, 4) is 11.1 Å². The van der Waals surface area contributed by atoms with Crippen molar-refractivity contribution in [1.29, 1.82) is 0 Å². The molecule has 0 saturated heterocycles. The molecule has 1 N–H and O–H groups in total. The molecule has 0 fully saturated rings. The SMILES string of the molecule is CCCc1nn(C)cc1-c1cncc(CNC)c1. The Morgan fingerprint density at radius 3 is 2.89 bits per heavy atom. The molecule has 96 valence electrons. The number of pyridine rings is 1. The van der Waals surface area contributed by atoms with Crippen LogP contribution >= 0.6 is 0 Å². The molecule has 4 nitrogen and oxygen atoms in total. The lowest BCUT2D eigenvalue weighted by Crippen LogP contribution is -2.05. The summed E-state index contributed by atoms with van der Waals surface area (Å²) in [5.74, 6) is 0. The summed E-state index contributed by atoms with van der Waals surface area (Å²) in [5.41, 5.74) is 4.70. The van der Waals surface area contributed by atoms with Crippen LogP contribution in [-0.2, 0) is 20.0 Å². The van der Waals surface area contributed by atoms with E-state index in [-0.39, 0.29) is 0 Å². The molecule has 2 rings (SSSR count). The van der Waals surface area contributed by atoms with Gasteiger partial charge >= 0.3 is 0 Å². The molecule has 0 aliphatic heterocycles. The summed E-state index contributed by atoms with van der Waals surface area (Å²) < 4.78 is 1.88. The first-order chi connectivity index (χ1) is 8.74. The predicted octanol–water partition coefficient (Wildman–Crippen LogP) is 2.15. The second-order valence-electron chi connectivity index (χ2n) is 4.53. The second-order valence-corrected chi connectivity index (χ2v) is 4.53. The Bertz CT molecular complexity index is 516. The minimum Gasteiger partial charge on any atom is -0.316 e. The molecule has 2 aromatic heterocycles. The molecule has 0 radical (unpaired) electrons. The topological polar surface area (TPSA) is 42.7 Å². The van der Waals surface area contributed by atoms with Crippen molar-refractivity contribution >= 4 is 0 Å². The normalized spacial score (nSPS) is 10.8.